The fraction of sp³-hybridized carbons (Fsp3) is 0.583. The lowest BCUT2D eigenvalue weighted by atomic mass is 9.88. The predicted octanol–water partition coefficient (Wildman–Crippen LogP) is 4.43. The third-order valence-electron chi connectivity index (χ3n) is 8.42. The van der Waals surface area contributed by atoms with Gasteiger partial charge in [0.25, 0.3) is 0 Å². The largest absolute Gasteiger partial charge is 0.444 e. The van der Waals surface area contributed by atoms with Crippen molar-refractivity contribution in [2.45, 2.75) is 96.6 Å². The number of nitrogens with one attached hydrogen (secondary N) is 2. The second kappa shape index (κ2) is 16.8. The number of carbonyl (C=O) groups is 3. The molecule has 4 atom stereocenters. The van der Waals surface area contributed by atoms with Crippen LogP contribution in [0.4, 0.5) is 4.79 Å². The van der Waals surface area contributed by atoms with Crippen LogP contribution in [-0.2, 0) is 27.2 Å². The molecule has 1 aliphatic rings. The van der Waals surface area contributed by atoms with E-state index in [1.807, 2.05) is 79.4 Å². The van der Waals surface area contributed by atoms with Crippen LogP contribution in [0.5, 0.6) is 0 Å². The number of likely N-dealkylation sites (tertiary alicyclic amines) is 1. The van der Waals surface area contributed by atoms with E-state index >= 15 is 0 Å². The van der Waals surface area contributed by atoms with Gasteiger partial charge >= 0.3 is 6.09 Å². The summed E-state index contributed by atoms with van der Waals surface area (Å²) < 4.78 is 5.50. The number of rotatable bonds is 13. The van der Waals surface area contributed by atoms with Crippen molar-refractivity contribution in [1.29, 1.82) is 0 Å². The van der Waals surface area contributed by atoms with Crippen LogP contribution in [0.2, 0.25) is 0 Å². The molecule has 2 aromatic rings. The zero-order valence-corrected chi connectivity index (χ0v) is 28.2. The summed E-state index contributed by atoms with van der Waals surface area (Å²) in [6.45, 7) is 10.5. The predicted molar refractivity (Wildman–Crippen MR) is 178 cm³/mol. The third kappa shape index (κ3) is 11.8. The highest BCUT2D eigenvalue weighted by molar-refractivity contribution is 5.89. The number of aliphatic hydroxyl groups is 1. The molecule has 2 aromatic carbocycles. The van der Waals surface area contributed by atoms with Crippen LogP contribution >= 0.6 is 0 Å². The van der Waals surface area contributed by atoms with Crippen molar-refractivity contribution in [3.8, 4) is 0 Å². The summed E-state index contributed by atoms with van der Waals surface area (Å²) in [6, 6.07) is 18.3. The maximum atomic E-state index is 14.0. The summed E-state index contributed by atoms with van der Waals surface area (Å²) in [5.41, 5.74) is 1.18. The molecule has 1 aliphatic heterocycles. The monoisotopic (exact) mass is 622 g/mol. The van der Waals surface area contributed by atoms with E-state index in [1.54, 1.807) is 20.8 Å². The standard InChI is InChI=1S/C36H54N4O5/c1-25(2)32(34(43)40-20-18-29(19-21-40)39(6)7)38-33(42)28(22-26-14-10-8-11-15-26)24-31(41)30(23-27-16-12-9-13-17-27)37-35(44)45-36(3,4)5/h8-17,25,28-32,41H,18-24H2,1-7H3,(H,37,44)(H,38,42). The highest BCUT2D eigenvalue weighted by Crippen LogP contribution is 2.22. The number of ether oxygens (including phenoxy) is 1. The molecule has 45 heavy (non-hydrogen) atoms. The molecule has 1 fully saturated rings. The molecular weight excluding hydrogens is 568 g/mol. The molecule has 248 valence electrons. The number of carbonyl (C=O) groups excluding carboxylic acids is 3. The van der Waals surface area contributed by atoms with Crippen molar-refractivity contribution in [2.24, 2.45) is 11.8 Å². The van der Waals surface area contributed by atoms with Gasteiger partial charge in [0.15, 0.2) is 0 Å². The normalized spacial score (nSPS) is 17.0. The maximum absolute atomic E-state index is 14.0. The Hall–Kier alpha value is -3.43. The Bertz CT molecular complexity index is 1210. The molecule has 1 saturated heterocycles. The molecule has 0 aliphatic carbocycles. The van der Waals surface area contributed by atoms with E-state index in [4.69, 9.17) is 4.74 Å². The molecule has 0 saturated carbocycles. The highest BCUT2D eigenvalue weighted by atomic mass is 16.6. The van der Waals surface area contributed by atoms with Crippen LogP contribution < -0.4 is 10.6 Å². The first-order valence-corrected chi connectivity index (χ1v) is 16.2. The maximum Gasteiger partial charge on any atom is 0.407 e. The Morgan fingerprint density at radius 2 is 1.44 bits per heavy atom. The number of nitrogens with zero attached hydrogens (tertiary/aromatic N) is 2. The molecule has 3 amide bonds. The molecule has 0 radical (unpaired) electrons. The number of amides is 3. The second-order valence-electron chi connectivity index (χ2n) is 13.9. The molecule has 9 heteroatoms. The number of benzene rings is 2. The van der Waals surface area contributed by atoms with Gasteiger partial charge in [-0.2, -0.15) is 0 Å². The summed E-state index contributed by atoms with van der Waals surface area (Å²) in [7, 11) is 4.13. The molecule has 0 spiro atoms. The lowest BCUT2D eigenvalue weighted by Gasteiger charge is -2.38. The first kappa shape index (κ1) is 36.0. The van der Waals surface area contributed by atoms with Gasteiger partial charge in [-0.25, -0.2) is 4.79 Å². The van der Waals surface area contributed by atoms with Crippen LogP contribution in [0.3, 0.4) is 0 Å². The van der Waals surface area contributed by atoms with Gasteiger partial charge in [-0.3, -0.25) is 9.59 Å². The van der Waals surface area contributed by atoms with E-state index in [0.29, 0.717) is 32.0 Å². The van der Waals surface area contributed by atoms with E-state index in [9.17, 15) is 19.5 Å². The van der Waals surface area contributed by atoms with Gasteiger partial charge in [0.1, 0.15) is 11.6 Å². The fourth-order valence-electron chi connectivity index (χ4n) is 5.83. The summed E-state index contributed by atoms with van der Waals surface area (Å²) in [5.74, 6) is -1.11. The Labute approximate surface area is 269 Å². The van der Waals surface area contributed by atoms with Crippen molar-refractivity contribution >= 4 is 17.9 Å². The Morgan fingerprint density at radius 3 is 1.93 bits per heavy atom. The summed E-state index contributed by atoms with van der Waals surface area (Å²) >= 11 is 0. The number of piperidine rings is 1. The Balaban J connectivity index is 1.81. The summed E-state index contributed by atoms with van der Waals surface area (Å²) in [5, 5.41) is 17.5. The molecular formula is C36H54N4O5. The van der Waals surface area contributed by atoms with Crippen molar-refractivity contribution < 1.29 is 24.2 Å². The number of alkyl carbamates (subject to hydrolysis) is 1. The van der Waals surface area contributed by atoms with Crippen LogP contribution in [0.25, 0.3) is 0 Å². The van der Waals surface area contributed by atoms with Crippen LogP contribution in [-0.4, -0.2) is 89.8 Å². The number of hydrogen-bond acceptors (Lipinski definition) is 6. The lowest BCUT2D eigenvalue weighted by Crippen LogP contribution is -2.55. The first-order chi connectivity index (χ1) is 21.2. The first-order valence-electron chi connectivity index (χ1n) is 16.2. The third-order valence-corrected chi connectivity index (χ3v) is 8.42. The van der Waals surface area contributed by atoms with E-state index < -0.39 is 35.8 Å². The molecule has 0 bridgehead atoms. The molecule has 9 nitrogen and oxygen atoms in total. The van der Waals surface area contributed by atoms with Gasteiger partial charge in [-0.15, -0.1) is 0 Å². The van der Waals surface area contributed by atoms with Crippen LogP contribution in [0.1, 0.15) is 65.0 Å². The average Bonchev–Trinajstić information content (AvgIpc) is 2.98. The van der Waals surface area contributed by atoms with Crippen LogP contribution in [0.15, 0.2) is 60.7 Å². The van der Waals surface area contributed by atoms with E-state index in [0.717, 1.165) is 24.0 Å². The minimum absolute atomic E-state index is 0.0666. The zero-order chi connectivity index (χ0) is 33.1. The average molecular weight is 623 g/mol. The minimum atomic E-state index is -1.06. The fourth-order valence-corrected chi connectivity index (χ4v) is 5.83. The van der Waals surface area contributed by atoms with Gasteiger partial charge in [-0.1, -0.05) is 74.5 Å². The van der Waals surface area contributed by atoms with Crippen molar-refractivity contribution in [1.82, 2.24) is 20.4 Å². The van der Waals surface area contributed by atoms with Gasteiger partial charge < -0.3 is 30.3 Å². The highest BCUT2D eigenvalue weighted by Gasteiger charge is 2.35. The van der Waals surface area contributed by atoms with Gasteiger partial charge in [0.05, 0.1) is 12.1 Å². The van der Waals surface area contributed by atoms with Crippen molar-refractivity contribution in [3.63, 3.8) is 0 Å². The summed E-state index contributed by atoms with van der Waals surface area (Å²) in [4.78, 5) is 44.6. The molecule has 3 N–H and O–H groups in total. The summed E-state index contributed by atoms with van der Waals surface area (Å²) in [6.07, 6.45) is 0.923. The van der Waals surface area contributed by atoms with Gasteiger partial charge in [-0.05, 0) is 84.0 Å². The molecule has 0 aromatic heterocycles. The SMILES string of the molecule is CC(C)C(NC(=O)C(Cc1ccccc1)CC(O)C(Cc1ccccc1)NC(=O)OC(C)(C)C)C(=O)N1CCC(N(C)C)CC1. The smallest absolute Gasteiger partial charge is 0.407 e. The topological polar surface area (TPSA) is 111 Å². The zero-order valence-electron chi connectivity index (χ0n) is 28.2. The molecule has 1 heterocycles. The van der Waals surface area contributed by atoms with Gasteiger partial charge in [0, 0.05) is 25.0 Å². The Kier molecular flexibility index (Phi) is 13.4. The number of aliphatic hydroxyl groups excluding tert-OH is 1. The lowest BCUT2D eigenvalue weighted by molar-refractivity contribution is -0.140. The minimum Gasteiger partial charge on any atom is -0.444 e. The van der Waals surface area contributed by atoms with Crippen LogP contribution in [0, 0.1) is 11.8 Å². The van der Waals surface area contributed by atoms with E-state index in [-0.39, 0.29) is 24.2 Å². The molecule has 3 rings (SSSR count). The quantitative estimate of drug-likeness (QED) is 0.305. The van der Waals surface area contributed by atoms with Crippen molar-refractivity contribution in [3.05, 3.63) is 71.8 Å². The van der Waals surface area contributed by atoms with E-state index in [2.05, 4.69) is 29.6 Å². The Morgan fingerprint density at radius 1 is 0.911 bits per heavy atom. The second-order valence-corrected chi connectivity index (χ2v) is 13.9. The van der Waals surface area contributed by atoms with Gasteiger partial charge in [0.2, 0.25) is 11.8 Å². The number of hydrogen-bond donors (Lipinski definition) is 3. The molecule has 4 unspecified atom stereocenters. The van der Waals surface area contributed by atoms with E-state index in [1.165, 1.54) is 0 Å². The van der Waals surface area contributed by atoms with Crippen molar-refractivity contribution in [2.75, 3.05) is 27.2 Å².